The molecule has 1 rings (SSSR count). The van der Waals surface area contributed by atoms with Crippen molar-refractivity contribution in [2.24, 2.45) is 5.41 Å². The lowest BCUT2D eigenvalue weighted by Gasteiger charge is -2.31. The minimum atomic E-state index is -0.377. The molecule has 0 atom stereocenters. The number of alkyl halides is 1. The second-order valence-corrected chi connectivity index (χ2v) is 6.16. The van der Waals surface area contributed by atoms with Crippen molar-refractivity contribution < 1.29 is 9.66 Å². The maximum absolute atomic E-state index is 11.1. The van der Waals surface area contributed by atoms with Gasteiger partial charge in [0.1, 0.15) is 0 Å². The molecule has 0 aliphatic carbocycles. The van der Waals surface area contributed by atoms with Gasteiger partial charge < -0.3 is 4.74 Å². The molecule has 0 unspecified atom stereocenters. The predicted octanol–water partition coefficient (Wildman–Crippen LogP) is 5.26. The second-order valence-electron chi connectivity index (χ2n) is 5.60. The van der Waals surface area contributed by atoms with Crippen LogP contribution in [-0.2, 0) is 0 Å². The lowest BCUT2D eigenvalue weighted by atomic mass is 9.82. The summed E-state index contributed by atoms with van der Waals surface area (Å²) in [5.74, 6) is 0.403. The van der Waals surface area contributed by atoms with Crippen molar-refractivity contribution in [3.05, 3.63) is 33.9 Å². The molecule has 118 valence electrons. The van der Waals surface area contributed by atoms with Crippen LogP contribution in [0.2, 0.25) is 0 Å². The Kier molecular flexibility index (Phi) is 7.15. The Bertz CT molecular complexity index is 471. The molecule has 0 spiro atoms. The number of para-hydroxylation sites is 1. The molecule has 0 saturated carbocycles. The van der Waals surface area contributed by atoms with Gasteiger partial charge >= 0.3 is 5.69 Å². The molecule has 0 fully saturated rings. The maximum atomic E-state index is 11.1. The fraction of sp³-hybridized carbons (Fsp3) is 0.625. The Morgan fingerprint density at radius 3 is 2.38 bits per heavy atom. The minimum absolute atomic E-state index is 0.0413. The first kappa shape index (κ1) is 18.0. The van der Waals surface area contributed by atoms with Crippen LogP contribution in [-0.4, -0.2) is 16.9 Å². The van der Waals surface area contributed by atoms with Gasteiger partial charge in [-0.2, -0.15) is 0 Å². The summed E-state index contributed by atoms with van der Waals surface area (Å²) in [6.07, 6.45) is 4.24. The maximum Gasteiger partial charge on any atom is 0.311 e. The van der Waals surface area contributed by atoms with E-state index in [1.54, 1.807) is 6.07 Å². The number of rotatable bonds is 9. The zero-order valence-electron chi connectivity index (χ0n) is 13.0. The van der Waals surface area contributed by atoms with Crippen LogP contribution in [0.3, 0.4) is 0 Å². The lowest BCUT2D eigenvalue weighted by Crippen LogP contribution is -2.30. The number of benzene rings is 1. The van der Waals surface area contributed by atoms with Gasteiger partial charge in [-0.05, 0) is 25.3 Å². The van der Waals surface area contributed by atoms with Gasteiger partial charge in [0.05, 0.1) is 11.5 Å². The van der Waals surface area contributed by atoms with E-state index in [0.717, 1.165) is 36.6 Å². The molecule has 0 radical (unpaired) electrons. The number of nitrogens with zero attached hydrogens (tertiary/aromatic N) is 1. The molecule has 0 amide bonds. The summed E-state index contributed by atoms with van der Waals surface area (Å²) in [6, 6.07) is 5.03. The van der Waals surface area contributed by atoms with Crippen LogP contribution in [0.1, 0.15) is 45.1 Å². The van der Waals surface area contributed by atoms with Crippen LogP contribution >= 0.6 is 15.9 Å². The summed E-state index contributed by atoms with van der Waals surface area (Å²) in [5, 5.41) is 12.0. The SMILES string of the molecule is CCCC(CBr)(CCC)COc1c(C)cccc1[N+](=O)[O-]. The van der Waals surface area contributed by atoms with Crippen LogP contribution in [0.5, 0.6) is 5.75 Å². The quantitative estimate of drug-likeness (QED) is 0.344. The topological polar surface area (TPSA) is 52.4 Å². The molecule has 0 saturated heterocycles. The second kappa shape index (κ2) is 8.37. The van der Waals surface area contributed by atoms with E-state index >= 15 is 0 Å². The molecule has 0 aromatic heterocycles. The third-order valence-corrected chi connectivity index (χ3v) is 4.94. The number of nitro groups is 1. The van der Waals surface area contributed by atoms with Crippen molar-refractivity contribution in [3.8, 4) is 5.75 Å². The molecule has 1 aromatic rings. The normalized spacial score (nSPS) is 11.4. The zero-order chi connectivity index (χ0) is 15.9. The van der Waals surface area contributed by atoms with Gasteiger partial charge in [0.15, 0.2) is 5.75 Å². The molecule has 0 aliphatic heterocycles. The fourth-order valence-electron chi connectivity index (χ4n) is 2.70. The number of aryl methyl sites for hydroxylation is 1. The van der Waals surface area contributed by atoms with Crippen molar-refractivity contribution in [1.82, 2.24) is 0 Å². The van der Waals surface area contributed by atoms with Crippen molar-refractivity contribution >= 4 is 21.6 Å². The van der Waals surface area contributed by atoms with Crippen molar-refractivity contribution in [2.75, 3.05) is 11.9 Å². The van der Waals surface area contributed by atoms with Crippen molar-refractivity contribution in [3.63, 3.8) is 0 Å². The first-order valence-electron chi connectivity index (χ1n) is 7.42. The average molecular weight is 358 g/mol. The third-order valence-electron chi connectivity index (χ3n) is 3.75. The van der Waals surface area contributed by atoms with E-state index in [0.29, 0.717) is 12.4 Å². The number of hydrogen-bond acceptors (Lipinski definition) is 3. The van der Waals surface area contributed by atoms with E-state index in [-0.39, 0.29) is 16.0 Å². The van der Waals surface area contributed by atoms with E-state index in [2.05, 4.69) is 29.8 Å². The van der Waals surface area contributed by atoms with E-state index in [1.807, 2.05) is 13.0 Å². The Hall–Kier alpha value is -1.10. The first-order valence-corrected chi connectivity index (χ1v) is 8.54. The number of nitro benzene ring substituents is 1. The summed E-state index contributed by atoms with van der Waals surface area (Å²) in [4.78, 5) is 10.8. The molecular formula is C16H24BrNO3. The minimum Gasteiger partial charge on any atom is -0.486 e. The van der Waals surface area contributed by atoms with E-state index < -0.39 is 0 Å². The Morgan fingerprint density at radius 2 is 1.90 bits per heavy atom. The van der Waals surface area contributed by atoms with Crippen LogP contribution < -0.4 is 4.74 Å². The fourth-order valence-corrected chi connectivity index (χ4v) is 3.42. The largest absolute Gasteiger partial charge is 0.486 e. The van der Waals surface area contributed by atoms with Gasteiger partial charge in [0.2, 0.25) is 0 Å². The van der Waals surface area contributed by atoms with Crippen LogP contribution in [0, 0.1) is 22.5 Å². The Morgan fingerprint density at radius 1 is 1.29 bits per heavy atom. The summed E-state index contributed by atoms with van der Waals surface area (Å²) in [6.45, 7) is 6.66. The zero-order valence-corrected chi connectivity index (χ0v) is 14.6. The first-order chi connectivity index (χ1) is 9.99. The Labute approximate surface area is 135 Å². The summed E-state index contributed by atoms with van der Waals surface area (Å²) < 4.78 is 5.92. The molecule has 0 heterocycles. The highest BCUT2D eigenvalue weighted by Gasteiger charge is 2.29. The molecule has 5 heteroatoms. The van der Waals surface area contributed by atoms with Gasteiger partial charge in [-0.1, -0.05) is 54.8 Å². The van der Waals surface area contributed by atoms with E-state index in [9.17, 15) is 10.1 Å². The van der Waals surface area contributed by atoms with Gasteiger partial charge in [0, 0.05) is 16.8 Å². The molecule has 4 nitrogen and oxygen atoms in total. The molecule has 0 N–H and O–H groups in total. The molecule has 1 aromatic carbocycles. The van der Waals surface area contributed by atoms with Crippen LogP contribution in [0.25, 0.3) is 0 Å². The molecule has 0 aliphatic rings. The lowest BCUT2D eigenvalue weighted by molar-refractivity contribution is -0.386. The van der Waals surface area contributed by atoms with Crippen molar-refractivity contribution in [1.29, 1.82) is 0 Å². The summed E-state index contributed by atoms with van der Waals surface area (Å²) in [7, 11) is 0. The predicted molar refractivity (Wildman–Crippen MR) is 89.4 cm³/mol. The smallest absolute Gasteiger partial charge is 0.311 e. The standard InChI is InChI=1S/C16H24BrNO3/c1-4-9-16(11-17,10-5-2)12-21-15-13(3)7-6-8-14(15)18(19)20/h6-8H,4-5,9-12H2,1-3H3. The van der Waals surface area contributed by atoms with Gasteiger partial charge in [-0.3, -0.25) is 10.1 Å². The monoisotopic (exact) mass is 357 g/mol. The summed E-state index contributed by atoms with van der Waals surface area (Å²) >= 11 is 3.60. The van der Waals surface area contributed by atoms with Crippen molar-refractivity contribution in [2.45, 2.75) is 46.5 Å². The van der Waals surface area contributed by atoms with Gasteiger partial charge in [0.25, 0.3) is 0 Å². The number of ether oxygens (including phenoxy) is 1. The number of hydrogen-bond donors (Lipinski definition) is 0. The molecule has 21 heavy (non-hydrogen) atoms. The summed E-state index contributed by atoms with van der Waals surface area (Å²) in [5.41, 5.74) is 0.895. The molecular weight excluding hydrogens is 334 g/mol. The van der Waals surface area contributed by atoms with E-state index in [4.69, 9.17) is 4.74 Å². The van der Waals surface area contributed by atoms with Crippen LogP contribution in [0.4, 0.5) is 5.69 Å². The average Bonchev–Trinajstić information content (AvgIpc) is 2.45. The molecule has 0 bridgehead atoms. The Balaban J connectivity index is 2.97. The highest BCUT2D eigenvalue weighted by molar-refractivity contribution is 9.09. The highest BCUT2D eigenvalue weighted by Crippen LogP contribution is 2.36. The van der Waals surface area contributed by atoms with E-state index in [1.165, 1.54) is 6.07 Å². The third kappa shape index (κ3) is 4.70. The highest BCUT2D eigenvalue weighted by atomic mass is 79.9. The van der Waals surface area contributed by atoms with Gasteiger partial charge in [-0.25, -0.2) is 0 Å². The van der Waals surface area contributed by atoms with Crippen LogP contribution in [0.15, 0.2) is 18.2 Å². The number of halogens is 1. The van der Waals surface area contributed by atoms with Gasteiger partial charge in [-0.15, -0.1) is 0 Å².